The minimum Gasteiger partial charge on any atom is -0.493 e. The van der Waals surface area contributed by atoms with Gasteiger partial charge in [0.25, 0.3) is 0 Å². The lowest BCUT2D eigenvalue weighted by molar-refractivity contribution is 0.367. The Morgan fingerprint density at radius 2 is 1.87 bits per heavy atom. The standard InChI is InChI=1S/C12H22N2O/c1-6-10-11(9(4)5)12(15)14(13-10)7-8(2)3/h8-9,15H,6-7H2,1-5H3. The molecule has 0 bridgehead atoms. The smallest absolute Gasteiger partial charge is 0.213 e. The van der Waals surface area contributed by atoms with E-state index in [1.807, 2.05) is 0 Å². The summed E-state index contributed by atoms with van der Waals surface area (Å²) in [6.07, 6.45) is 0.881. The Labute approximate surface area is 92.1 Å². The van der Waals surface area contributed by atoms with Crippen molar-refractivity contribution in [2.24, 2.45) is 5.92 Å². The molecule has 3 heteroatoms. The number of nitrogens with zero attached hydrogens (tertiary/aromatic N) is 2. The van der Waals surface area contributed by atoms with Gasteiger partial charge in [0.05, 0.1) is 5.69 Å². The van der Waals surface area contributed by atoms with Crippen molar-refractivity contribution in [2.75, 3.05) is 0 Å². The minimum atomic E-state index is 0.334. The highest BCUT2D eigenvalue weighted by Gasteiger charge is 2.18. The van der Waals surface area contributed by atoms with Gasteiger partial charge in [-0.05, 0) is 18.3 Å². The first-order valence-corrected chi connectivity index (χ1v) is 5.75. The number of rotatable bonds is 4. The molecule has 1 aromatic heterocycles. The van der Waals surface area contributed by atoms with E-state index < -0.39 is 0 Å². The van der Waals surface area contributed by atoms with E-state index in [0.717, 1.165) is 24.2 Å². The first-order chi connectivity index (χ1) is 6.97. The maximum absolute atomic E-state index is 10.1. The van der Waals surface area contributed by atoms with Gasteiger partial charge in [-0.25, -0.2) is 4.68 Å². The summed E-state index contributed by atoms with van der Waals surface area (Å²) in [5.41, 5.74) is 2.04. The molecule has 1 heterocycles. The van der Waals surface area contributed by atoms with Crippen molar-refractivity contribution in [3.8, 4) is 5.88 Å². The molecule has 0 saturated heterocycles. The Hall–Kier alpha value is -0.990. The first-order valence-electron chi connectivity index (χ1n) is 5.75. The molecule has 0 amide bonds. The fourth-order valence-corrected chi connectivity index (χ4v) is 1.84. The predicted molar refractivity (Wildman–Crippen MR) is 62.2 cm³/mol. The molecule has 15 heavy (non-hydrogen) atoms. The highest BCUT2D eigenvalue weighted by molar-refractivity contribution is 5.33. The zero-order chi connectivity index (χ0) is 11.6. The van der Waals surface area contributed by atoms with Crippen molar-refractivity contribution in [3.63, 3.8) is 0 Å². The van der Waals surface area contributed by atoms with Gasteiger partial charge in [-0.15, -0.1) is 0 Å². The largest absolute Gasteiger partial charge is 0.493 e. The van der Waals surface area contributed by atoms with Crippen LogP contribution in [0.2, 0.25) is 0 Å². The van der Waals surface area contributed by atoms with Crippen LogP contribution < -0.4 is 0 Å². The molecular formula is C12H22N2O. The zero-order valence-corrected chi connectivity index (χ0v) is 10.4. The monoisotopic (exact) mass is 210 g/mol. The SMILES string of the molecule is CCc1nn(CC(C)C)c(O)c1C(C)C. The van der Waals surface area contributed by atoms with E-state index in [1.54, 1.807) is 4.68 Å². The van der Waals surface area contributed by atoms with Crippen LogP contribution in [-0.2, 0) is 13.0 Å². The molecule has 0 aliphatic carbocycles. The maximum atomic E-state index is 10.1. The average Bonchev–Trinajstić information content (AvgIpc) is 2.42. The van der Waals surface area contributed by atoms with Gasteiger partial charge < -0.3 is 5.11 Å². The van der Waals surface area contributed by atoms with Crippen LogP contribution in [0.15, 0.2) is 0 Å². The second kappa shape index (κ2) is 4.69. The van der Waals surface area contributed by atoms with Gasteiger partial charge in [0, 0.05) is 12.1 Å². The topological polar surface area (TPSA) is 38.0 Å². The van der Waals surface area contributed by atoms with E-state index in [0.29, 0.717) is 17.7 Å². The van der Waals surface area contributed by atoms with Gasteiger partial charge in [0.15, 0.2) is 0 Å². The molecule has 0 spiro atoms. The van der Waals surface area contributed by atoms with Crippen LogP contribution in [0, 0.1) is 5.92 Å². The number of hydrogen-bond acceptors (Lipinski definition) is 2. The molecule has 86 valence electrons. The Balaban J connectivity index is 3.10. The molecule has 1 rings (SSSR count). The van der Waals surface area contributed by atoms with Crippen LogP contribution in [-0.4, -0.2) is 14.9 Å². The van der Waals surface area contributed by atoms with Gasteiger partial charge in [0.1, 0.15) is 0 Å². The lowest BCUT2D eigenvalue weighted by atomic mass is 10.0. The van der Waals surface area contributed by atoms with Crippen molar-refractivity contribution < 1.29 is 5.11 Å². The third-order valence-electron chi connectivity index (χ3n) is 2.49. The number of aromatic hydroxyl groups is 1. The summed E-state index contributed by atoms with van der Waals surface area (Å²) in [7, 11) is 0. The highest BCUT2D eigenvalue weighted by Crippen LogP contribution is 2.29. The maximum Gasteiger partial charge on any atom is 0.213 e. The Bertz CT molecular complexity index is 327. The van der Waals surface area contributed by atoms with Crippen molar-refractivity contribution in [1.82, 2.24) is 9.78 Å². The van der Waals surface area contributed by atoms with Crippen LogP contribution in [0.4, 0.5) is 0 Å². The van der Waals surface area contributed by atoms with E-state index in [1.165, 1.54) is 0 Å². The van der Waals surface area contributed by atoms with Gasteiger partial charge in [-0.3, -0.25) is 0 Å². The van der Waals surface area contributed by atoms with Crippen LogP contribution in [0.1, 0.15) is 51.8 Å². The van der Waals surface area contributed by atoms with Crippen LogP contribution in [0.25, 0.3) is 0 Å². The molecule has 0 aliphatic heterocycles. The second-order valence-corrected chi connectivity index (χ2v) is 4.77. The third kappa shape index (κ3) is 2.52. The number of aromatic nitrogens is 2. The number of aryl methyl sites for hydroxylation is 1. The Morgan fingerprint density at radius 1 is 1.27 bits per heavy atom. The summed E-state index contributed by atoms with van der Waals surface area (Å²) >= 11 is 0. The van der Waals surface area contributed by atoms with Gasteiger partial charge >= 0.3 is 0 Å². The first kappa shape index (κ1) is 12.1. The van der Waals surface area contributed by atoms with E-state index >= 15 is 0 Å². The molecule has 0 fully saturated rings. The van der Waals surface area contributed by atoms with Crippen LogP contribution >= 0.6 is 0 Å². The van der Waals surface area contributed by atoms with Crippen molar-refractivity contribution in [3.05, 3.63) is 11.3 Å². The molecule has 0 aromatic carbocycles. The summed E-state index contributed by atoms with van der Waals surface area (Å²) in [4.78, 5) is 0. The fraction of sp³-hybridized carbons (Fsp3) is 0.750. The average molecular weight is 210 g/mol. The second-order valence-electron chi connectivity index (χ2n) is 4.77. The summed E-state index contributed by atoms with van der Waals surface area (Å²) in [6, 6.07) is 0. The summed E-state index contributed by atoms with van der Waals surface area (Å²) in [5, 5.41) is 14.5. The molecule has 3 nitrogen and oxygen atoms in total. The molecule has 1 aromatic rings. The highest BCUT2D eigenvalue weighted by atomic mass is 16.3. The van der Waals surface area contributed by atoms with Crippen LogP contribution in [0.5, 0.6) is 5.88 Å². The van der Waals surface area contributed by atoms with E-state index in [9.17, 15) is 5.11 Å². The van der Waals surface area contributed by atoms with Gasteiger partial charge in [-0.1, -0.05) is 34.6 Å². The zero-order valence-electron chi connectivity index (χ0n) is 10.4. The fourth-order valence-electron chi connectivity index (χ4n) is 1.84. The molecule has 0 radical (unpaired) electrons. The Kier molecular flexibility index (Phi) is 3.77. The predicted octanol–water partition coefficient (Wildman–Crippen LogP) is 2.93. The Morgan fingerprint density at radius 3 is 2.20 bits per heavy atom. The summed E-state index contributed by atoms with van der Waals surface area (Å²) in [6.45, 7) is 11.3. The lowest BCUT2D eigenvalue weighted by Crippen LogP contribution is -2.05. The normalized spacial score (nSPS) is 11.7. The minimum absolute atomic E-state index is 0.334. The molecule has 0 saturated carbocycles. The molecule has 0 unspecified atom stereocenters. The van der Waals surface area contributed by atoms with Crippen molar-refractivity contribution in [2.45, 2.75) is 53.5 Å². The summed E-state index contributed by atoms with van der Waals surface area (Å²) in [5.74, 6) is 1.19. The number of hydrogen-bond donors (Lipinski definition) is 1. The van der Waals surface area contributed by atoms with Gasteiger partial charge in [0.2, 0.25) is 5.88 Å². The lowest BCUT2D eigenvalue weighted by Gasteiger charge is -2.07. The summed E-state index contributed by atoms with van der Waals surface area (Å²) < 4.78 is 1.73. The van der Waals surface area contributed by atoms with E-state index in [4.69, 9.17) is 0 Å². The van der Waals surface area contributed by atoms with E-state index in [-0.39, 0.29) is 0 Å². The van der Waals surface area contributed by atoms with Crippen molar-refractivity contribution in [1.29, 1.82) is 0 Å². The molecule has 0 aliphatic rings. The van der Waals surface area contributed by atoms with Gasteiger partial charge in [-0.2, -0.15) is 5.10 Å². The quantitative estimate of drug-likeness (QED) is 0.829. The third-order valence-corrected chi connectivity index (χ3v) is 2.49. The van der Waals surface area contributed by atoms with Crippen LogP contribution in [0.3, 0.4) is 0 Å². The van der Waals surface area contributed by atoms with Crippen molar-refractivity contribution >= 4 is 0 Å². The van der Waals surface area contributed by atoms with E-state index in [2.05, 4.69) is 39.7 Å². The molecular weight excluding hydrogens is 188 g/mol. The molecule has 1 N–H and O–H groups in total. The molecule has 0 atom stereocenters.